The Labute approximate surface area is 111 Å². The van der Waals surface area contributed by atoms with Gasteiger partial charge in [0.2, 0.25) is 0 Å². The van der Waals surface area contributed by atoms with Crippen LogP contribution in [-0.2, 0) is 11.4 Å². The summed E-state index contributed by atoms with van der Waals surface area (Å²) in [6.45, 7) is 2.43. The van der Waals surface area contributed by atoms with Crippen molar-refractivity contribution in [2.45, 2.75) is 13.5 Å². The number of hydrogen-bond acceptors (Lipinski definition) is 4. The normalized spacial score (nSPS) is 10.2. The number of hydroxylamine groups is 1. The molecule has 0 fully saturated rings. The summed E-state index contributed by atoms with van der Waals surface area (Å²) in [5, 5.41) is 0. The Morgan fingerprint density at radius 1 is 1.26 bits per heavy atom. The molecule has 0 saturated heterocycles. The minimum atomic E-state index is -0.418. The fourth-order valence-electron chi connectivity index (χ4n) is 1.51. The summed E-state index contributed by atoms with van der Waals surface area (Å²) in [6, 6.07) is 11.1. The van der Waals surface area contributed by atoms with Gasteiger partial charge in [0.05, 0.1) is 12.9 Å². The summed E-state index contributed by atoms with van der Waals surface area (Å²) in [6.07, 6.45) is 1.45. The van der Waals surface area contributed by atoms with E-state index < -0.39 is 5.91 Å². The number of carbonyl (C=O) groups excluding carboxylic acids is 1. The third-order valence-corrected chi connectivity index (χ3v) is 2.40. The van der Waals surface area contributed by atoms with Crippen molar-refractivity contribution in [3.8, 4) is 5.75 Å². The van der Waals surface area contributed by atoms with Crippen molar-refractivity contribution in [3.05, 3.63) is 54.0 Å². The Morgan fingerprint density at radius 2 is 2.05 bits per heavy atom. The first-order chi connectivity index (χ1) is 9.31. The average molecular weight is 261 g/mol. The van der Waals surface area contributed by atoms with E-state index in [1.54, 1.807) is 13.0 Å². The Kier molecular flexibility index (Phi) is 4.58. The van der Waals surface area contributed by atoms with E-state index in [2.05, 4.69) is 5.48 Å². The van der Waals surface area contributed by atoms with Gasteiger partial charge in [-0.1, -0.05) is 18.2 Å². The fourth-order valence-corrected chi connectivity index (χ4v) is 1.51. The first kappa shape index (κ1) is 13.2. The molecule has 1 aromatic carbocycles. The molecule has 0 aliphatic heterocycles. The molecule has 0 saturated carbocycles. The van der Waals surface area contributed by atoms with Gasteiger partial charge < -0.3 is 9.15 Å². The predicted molar refractivity (Wildman–Crippen MR) is 68.6 cm³/mol. The molecule has 0 aliphatic rings. The smallest absolute Gasteiger partial charge is 0.310 e. The molecule has 0 radical (unpaired) electrons. The van der Waals surface area contributed by atoms with E-state index in [9.17, 15) is 4.79 Å². The van der Waals surface area contributed by atoms with Crippen LogP contribution in [0.25, 0.3) is 0 Å². The molecule has 5 nitrogen and oxygen atoms in total. The zero-order chi connectivity index (χ0) is 13.5. The number of nitrogens with one attached hydrogen (secondary N) is 1. The van der Waals surface area contributed by atoms with Gasteiger partial charge in [0.15, 0.2) is 5.76 Å². The third kappa shape index (κ3) is 3.59. The van der Waals surface area contributed by atoms with Gasteiger partial charge in [0, 0.05) is 5.56 Å². The minimum absolute atomic E-state index is 0.199. The minimum Gasteiger partial charge on any atom is -0.489 e. The monoisotopic (exact) mass is 261 g/mol. The number of rotatable bonds is 6. The number of hydrogen-bond donors (Lipinski definition) is 1. The van der Waals surface area contributed by atoms with Crippen molar-refractivity contribution in [2.24, 2.45) is 0 Å². The lowest BCUT2D eigenvalue weighted by Gasteiger charge is -2.06. The fraction of sp³-hybridized carbons (Fsp3) is 0.214. The third-order valence-electron chi connectivity index (χ3n) is 2.40. The standard InChI is InChI=1S/C14H15NO4/c1-2-19-15-14(16)13-11(8-9-17-13)10-18-12-6-4-3-5-7-12/h3-9H,2,10H2,1H3,(H,15,16). The molecular formula is C14H15NO4. The van der Waals surface area contributed by atoms with E-state index in [0.29, 0.717) is 12.2 Å². The molecule has 1 N–H and O–H groups in total. The maximum absolute atomic E-state index is 11.7. The van der Waals surface area contributed by atoms with Crippen LogP contribution in [0, 0.1) is 0 Å². The molecule has 19 heavy (non-hydrogen) atoms. The molecule has 1 aromatic heterocycles. The van der Waals surface area contributed by atoms with Gasteiger partial charge in [0.1, 0.15) is 12.4 Å². The second-order valence-electron chi connectivity index (χ2n) is 3.74. The van der Waals surface area contributed by atoms with Crippen LogP contribution < -0.4 is 10.2 Å². The highest BCUT2D eigenvalue weighted by atomic mass is 16.7. The summed E-state index contributed by atoms with van der Waals surface area (Å²) >= 11 is 0. The topological polar surface area (TPSA) is 60.7 Å². The summed E-state index contributed by atoms with van der Waals surface area (Å²) < 4.78 is 10.7. The van der Waals surface area contributed by atoms with Crippen molar-refractivity contribution >= 4 is 5.91 Å². The summed E-state index contributed by atoms with van der Waals surface area (Å²) in [5.41, 5.74) is 2.95. The maximum Gasteiger partial charge on any atom is 0.310 e. The Balaban J connectivity index is 1.98. The summed E-state index contributed by atoms with van der Waals surface area (Å²) in [4.78, 5) is 16.5. The molecule has 0 atom stereocenters. The molecule has 2 rings (SSSR count). The number of ether oxygens (including phenoxy) is 1. The zero-order valence-corrected chi connectivity index (χ0v) is 10.6. The van der Waals surface area contributed by atoms with Crippen LogP contribution in [0.4, 0.5) is 0 Å². The molecular weight excluding hydrogens is 246 g/mol. The Morgan fingerprint density at radius 3 is 2.79 bits per heavy atom. The van der Waals surface area contributed by atoms with Crippen LogP contribution in [0.3, 0.4) is 0 Å². The maximum atomic E-state index is 11.7. The predicted octanol–water partition coefficient (Wildman–Crippen LogP) is 2.54. The molecule has 0 unspecified atom stereocenters. The van der Waals surface area contributed by atoms with Crippen molar-refractivity contribution < 1.29 is 18.8 Å². The van der Waals surface area contributed by atoms with Gasteiger partial charge in [0.25, 0.3) is 0 Å². The van der Waals surface area contributed by atoms with Crippen LogP contribution in [-0.4, -0.2) is 12.5 Å². The first-order valence-electron chi connectivity index (χ1n) is 5.97. The highest BCUT2D eigenvalue weighted by molar-refractivity contribution is 5.92. The number of para-hydroxylation sites is 1. The molecule has 0 spiro atoms. The molecule has 2 aromatic rings. The zero-order valence-electron chi connectivity index (χ0n) is 10.6. The van der Waals surface area contributed by atoms with Crippen molar-refractivity contribution in [1.29, 1.82) is 0 Å². The largest absolute Gasteiger partial charge is 0.489 e. The SMILES string of the molecule is CCONC(=O)c1occc1COc1ccccc1. The van der Waals surface area contributed by atoms with Gasteiger partial charge >= 0.3 is 5.91 Å². The summed E-state index contributed by atoms with van der Waals surface area (Å²) in [7, 11) is 0. The van der Waals surface area contributed by atoms with Crippen LogP contribution in [0.1, 0.15) is 23.0 Å². The van der Waals surface area contributed by atoms with Gasteiger partial charge in [-0.05, 0) is 25.1 Å². The van der Waals surface area contributed by atoms with E-state index in [0.717, 1.165) is 5.75 Å². The van der Waals surface area contributed by atoms with Crippen molar-refractivity contribution in [2.75, 3.05) is 6.61 Å². The number of carbonyl (C=O) groups is 1. The van der Waals surface area contributed by atoms with E-state index in [-0.39, 0.29) is 12.4 Å². The van der Waals surface area contributed by atoms with E-state index in [4.69, 9.17) is 14.0 Å². The Hall–Kier alpha value is -2.27. The lowest BCUT2D eigenvalue weighted by Crippen LogP contribution is -2.24. The number of benzene rings is 1. The second kappa shape index (κ2) is 6.61. The molecule has 0 bridgehead atoms. The van der Waals surface area contributed by atoms with E-state index in [1.807, 2.05) is 30.3 Å². The summed E-state index contributed by atoms with van der Waals surface area (Å²) in [5.74, 6) is 0.516. The van der Waals surface area contributed by atoms with Crippen LogP contribution >= 0.6 is 0 Å². The highest BCUT2D eigenvalue weighted by Gasteiger charge is 2.15. The van der Waals surface area contributed by atoms with Crippen LogP contribution in [0.15, 0.2) is 47.1 Å². The lowest BCUT2D eigenvalue weighted by atomic mass is 10.2. The molecule has 0 aliphatic carbocycles. The van der Waals surface area contributed by atoms with Crippen LogP contribution in [0.5, 0.6) is 5.75 Å². The van der Waals surface area contributed by atoms with E-state index >= 15 is 0 Å². The van der Waals surface area contributed by atoms with Crippen molar-refractivity contribution in [3.63, 3.8) is 0 Å². The quantitative estimate of drug-likeness (QED) is 0.812. The molecule has 100 valence electrons. The van der Waals surface area contributed by atoms with Gasteiger partial charge in [-0.15, -0.1) is 0 Å². The number of furan rings is 1. The second-order valence-corrected chi connectivity index (χ2v) is 3.74. The average Bonchev–Trinajstić information content (AvgIpc) is 2.92. The molecule has 1 heterocycles. The Bertz CT molecular complexity index is 521. The van der Waals surface area contributed by atoms with Crippen molar-refractivity contribution in [1.82, 2.24) is 5.48 Å². The van der Waals surface area contributed by atoms with E-state index in [1.165, 1.54) is 6.26 Å². The lowest BCUT2D eigenvalue weighted by molar-refractivity contribution is 0.0338. The van der Waals surface area contributed by atoms with Gasteiger partial charge in [-0.2, -0.15) is 0 Å². The highest BCUT2D eigenvalue weighted by Crippen LogP contribution is 2.15. The molecule has 5 heteroatoms. The van der Waals surface area contributed by atoms with Crippen LogP contribution in [0.2, 0.25) is 0 Å². The number of amides is 1. The first-order valence-corrected chi connectivity index (χ1v) is 5.97. The van der Waals surface area contributed by atoms with Gasteiger partial charge in [-0.3, -0.25) is 9.63 Å². The molecule has 1 amide bonds. The van der Waals surface area contributed by atoms with Gasteiger partial charge in [-0.25, -0.2) is 5.48 Å².